The number of anilines is 1. The van der Waals surface area contributed by atoms with Crippen LogP contribution in [0.1, 0.15) is 18.1 Å². The lowest BCUT2D eigenvalue weighted by molar-refractivity contribution is 0.723. The van der Waals surface area contributed by atoms with E-state index in [1.807, 2.05) is 0 Å². The van der Waals surface area contributed by atoms with Gasteiger partial charge in [0.1, 0.15) is 0 Å². The number of benzene rings is 2. The highest BCUT2D eigenvalue weighted by Gasteiger charge is 2.09. The van der Waals surface area contributed by atoms with Crippen LogP contribution in [-0.2, 0) is 13.1 Å². The molecule has 0 heterocycles. The third-order valence-electron chi connectivity index (χ3n) is 3.36. The topological polar surface area (TPSA) is 15.3 Å². The summed E-state index contributed by atoms with van der Waals surface area (Å²) < 4.78 is 2.23. The first-order valence-electron chi connectivity index (χ1n) is 7.05. The van der Waals surface area contributed by atoms with Crippen LogP contribution in [0.25, 0.3) is 0 Å². The van der Waals surface area contributed by atoms with Gasteiger partial charge in [-0.15, -0.1) is 0 Å². The summed E-state index contributed by atoms with van der Waals surface area (Å²) in [5.74, 6) is 0. The van der Waals surface area contributed by atoms with Crippen LogP contribution in [-0.4, -0.2) is 13.6 Å². The van der Waals surface area contributed by atoms with E-state index in [4.69, 9.17) is 0 Å². The van der Waals surface area contributed by atoms with E-state index >= 15 is 0 Å². The largest absolute Gasteiger partial charge is 0.370 e. The Hall–Kier alpha value is -0.840. The predicted molar refractivity (Wildman–Crippen MR) is 97.8 cm³/mol. The van der Waals surface area contributed by atoms with Crippen molar-refractivity contribution in [2.24, 2.45) is 0 Å². The van der Waals surface area contributed by atoms with E-state index in [1.54, 1.807) is 0 Å². The number of rotatable bonds is 6. The van der Waals surface area contributed by atoms with Crippen LogP contribution < -0.4 is 10.2 Å². The van der Waals surface area contributed by atoms with E-state index in [0.717, 1.165) is 28.6 Å². The Bertz CT molecular complexity index is 582. The van der Waals surface area contributed by atoms with Gasteiger partial charge in [0.2, 0.25) is 0 Å². The molecule has 2 aromatic carbocycles. The number of hydrogen-bond acceptors (Lipinski definition) is 2. The molecular weight excluding hydrogens is 392 g/mol. The van der Waals surface area contributed by atoms with Gasteiger partial charge in [-0.05, 0) is 41.9 Å². The summed E-state index contributed by atoms with van der Waals surface area (Å²) in [5, 5.41) is 3.40. The molecule has 0 bridgehead atoms. The minimum atomic E-state index is 0.892. The van der Waals surface area contributed by atoms with Gasteiger partial charge in [0, 0.05) is 34.8 Å². The normalized spacial score (nSPS) is 10.7. The van der Waals surface area contributed by atoms with E-state index in [0.29, 0.717) is 0 Å². The van der Waals surface area contributed by atoms with Crippen LogP contribution >= 0.6 is 31.9 Å². The molecule has 0 fully saturated rings. The quantitative estimate of drug-likeness (QED) is 0.722. The van der Waals surface area contributed by atoms with Gasteiger partial charge in [-0.3, -0.25) is 0 Å². The molecule has 0 aromatic heterocycles. The zero-order valence-electron chi connectivity index (χ0n) is 12.4. The van der Waals surface area contributed by atoms with Crippen molar-refractivity contribution in [3.8, 4) is 0 Å². The standard InChI is InChI=1S/C17H20Br2N2/c1-3-20-11-14-6-9-16(19)10-17(14)21(2)12-13-4-7-15(18)8-5-13/h4-10,20H,3,11-12H2,1-2H3. The lowest BCUT2D eigenvalue weighted by atomic mass is 10.1. The zero-order chi connectivity index (χ0) is 15.2. The third-order valence-corrected chi connectivity index (χ3v) is 4.38. The van der Waals surface area contributed by atoms with Crippen molar-refractivity contribution >= 4 is 37.5 Å². The predicted octanol–water partition coefficient (Wildman–Crippen LogP) is 4.96. The maximum absolute atomic E-state index is 3.57. The SMILES string of the molecule is CCNCc1ccc(Br)cc1N(C)Cc1ccc(Br)cc1. The second kappa shape index (κ2) is 7.97. The molecule has 112 valence electrons. The Morgan fingerprint density at radius 1 is 1.00 bits per heavy atom. The summed E-state index contributed by atoms with van der Waals surface area (Å²) in [6.07, 6.45) is 0. The van der Waals surface area contributed by atoms with Gasteiger partial charge in [0.05, 0.1) is 0 Å². The van der Waals surface area contributed by atoms with Gasteiger partial charge >= 0.3 is 0 Å². The van der Waals surface area contributed by atoms with Crippen molar-refractivity contribution < 1.29 is 0 Å². The fraction of sp³-hybridized carbons (Fsp3) is 0.294. The van der Waals surface area contributed by atoms with Crippen LogP contribution in [0.5, 0.6) is 0 Å². The Balaban J connectivity index is 2.18. The Labute approximate surface area is 143 Å². The van der Waals surface area contributed by atoms with Crippen molar-refractivity contribution in [1.82, 2.24) is 5.32 Å². The third kappa shape index (κ3) is 4.83. The molecule has 0 unspecified atom stereocenters. The second-order valence-corrected chi connectivity index (χ2v) is 6.87. The summed E-state index contributed by atoms with van der Waals surface area (Å²) in [7, 11) is 2.14. The number of nitrogens with zero attached hydrogens (tertiary/aromatic N) is 1. The zero-order valence-corrected chi connectivity index (χ0v) is 15.5. The molecule has 0 aliphatic rings. The molecule has 0 atom stereocenters. The molecular formula is C17H20Br2N2. The molecule has 1 N–H and O–H groups in total. The number of nitrogens with one attached hydrogen (secondary N) is 1. The van der Waals surface area contributed by atoms with E-state index in [2.05, 4.69) is 98.5 Å². The van der Waals surface area contributed by atoms with Gasteiger partial charge in [0.25, 0.3) is 0 Å². The smallest absolute Gasteiger partial charge is 0.0426 e. The van der Waals surface area contributed by atoms with Crippen molar-refractivity contribution in [3.05, 3.63) is 62.5 Å². The van der Waals surface area contributed by atoms with E-state index < -0.39 is 0 Å². The fourth-order valence-corrected chi connectivity index (χ4v) is 2.86. The molecule has 2 aromatic rings. The van der Waals surface area contributed by atoms with Gasteiger partial charge in [-0.1, -0.05) is 57.0 Å². The molecule has 0 aliphatic carbocycles. The molecule has 0 radical (unpaired) electrons. The van der Waals surface area contributed by atoms with E-state index in [9.17, 15) is 0 Å². The number of halogens is 2. The van der Waals surface area contributed by atoms with Crippen LogP contribution in [0, 0.1) is 0 Å². The van der Waals surface area contributed by atoms with Gasteiger partial charge in [-0.25, -0.2) is 0 Å². The monoisotopic (exact) mass is 410 g/mol. The average molecular weight is 412 g/mol. The Morgan fingerprint density at radius 2 is 1.67 bits per heavy atom. The molecule has 4 heteroatoms. The van der Waals surface area contributed by atoms with Gasteiger partial charge in [0.15, 0.2) is 0 Å². The molecule has 0 spiro atoms. The summed E-state index contributed by atoms with van der Waals surface area (Å²) in [5.41, 5.74) is 3.88. The van der Waals surface area contributed by atoms with E-state index in [1.165, 1.54) is 16.8 Å². The van der Waals surface area contributed by atoms with Gasteiger partial charge in [-0.2, -0.15) is 0 Å². The highest BCUT2D eigenvalue weighted by atomic mass is 79.9. The minimum absolute atomic E-state index is 0.892. The lowest BCUT2D eigenvalue weighted by Crippen LogP contribution is -2.20. The highest BCUT2D eigenvalue weighted by molar-refractivity contribution is 9.10. The molecule has 0 saturated heterocycles. The Kier molecular flexibility index (Phi) is 6.27. The summed E-state index contributed by atoms with van der Waals surface area (Å²) in [6, 6.07) is 15.0. The minimum Gasteiger partial charge on any atom is -0.370 e. The van der Waals surface area contributed by atoms with Crippen LogP contribution in [0.4, 0.5) is 5.69 Å². The first-order valence-corrected chi connectivity index (χ1v) is 8.63. The van der Waals surface area contributed by atoms with Crippen molar-refractivity contribution in [2.45, 2.75) is 20.0 Å². The maximum Gasteiger partial charge on any atom is 0.0426 e. The molecule has 0 saturated carbocycles. The van der Waals surface area contributed by atoms with Crippen molar-refractivity contribution in [3.63, 3.8) is 0 Å². The molecule has 2 rings (SSSR count). The highest BCUT2D eigenvalue weighted by Crippen LogP contribution is 2.26. The summed E-state index contributed by atoms with van der Waals surface area (Å²) in [4.78, 5) is 2.29. The van der Waals surface area contributed by atoms with Crippen LogP contribution in [0.2, 0.25) is 0 Å². The molecule has 21 heavy (non-hydrogen) atoms. The fourth-order valence-electron chi connectivity index (χ4n) is 2.25. The summed E-state index contributed by atoms with van der Waals surface area (Å²) in [6.45, 7) is 4.89. The average Bonchev–Trinajstić information content (AvgIpc) is 2.48. The second-order valence-electron chi connectivity index (χ2n) is 5.04. The molecule has 2 nitrogen and oxygen atoms in total. The molecule has 0 amide bonds. The van der Waals surface area contributed by atoms with Crippen LogP contribution in [0.15, 0.2) is 51.4 Å². The van der Waals surface area contributed by atoms with Crippen molar-refractivity contribution in [2.75, 3.05) is 18.5 Å². The maximum atomic E-state index is 3.57. The van der Waals surface area contributed by atoms with E-state index in [-0.39, 0.29) is 0 Å². The van der Waals surface area contributed by atoms with Crippen LogP contribution in [0.3, 0.4) is 0 Å². The molecule has 0 aliphatic heterocycles. The first kappa shape index (κ1) is 16.5. The Morgan fingerprint density at radius 3 is 2.33 bits per heavy atom. The lowest BCUT2D eigenvalue weighted by Gasteiger charge is -2.23. The number of hydrogen-bond donors (Lipinski definition) is 1. The van der Waals surface area contributed by atoms with Crippen molar-refractivity contribution in [1.29, 1.82) is 0 Å². The summed E-state index contributed by atoms with van der Waals surface area (Å²) >= 11 is 7.05. The van der Waals surface area contributed by atoms with Gasteiger partial charge < -0.3 is 10.2 Å². The first-order chi connectivity index (χ1) is 10.1.